The zero-order valence-electron chi connectivity index (χ0n) is 17.9. The average molecular weight is 439 g/mol. The van der Waals surface area contributed by atoms with E-state index in [1.807, 2.05) is 0 Å². The Labute approximate surface area is 188 Å². The monoisotopic (exact) mass is 438 g/mol. The molecule has 1 spiro atoms. The number of thioether (sulfide) groups is 1. The van der Waals surface area contributed by atoms with Gasteiger partial charge in [-0.15, -0.1) is 0 Å². The summed E-state index contributed by atoms with van der Waals surface area (Å²) >= 11 is 1.25. The van der Waals surface area contributed by atoms with Gasteiger partial charge in [0.25, 0.3) is 0 Å². The smallest absolute Gasteiger partial charge is 0.243 e. The lowest BCUT2D eigenvalue weighted by Crippen LogP contribution is -2.60. The summed E-state index contributed by atoms with van der Waals surface area (Å²) in [5, 5.41) is 26.3. The van der Waals surface area contributed by atoms with Gasteiger partial charge in [0.15, 0.2) is 0 Å². The van der Waals surface area contributed by atoms with Crippen molar-refractivity contribution in [2.24, 2.45) is 29.1 Å². The van der Waals surface area contributed by atoms with Gasteiger partial charge in [0.05, 0.1) is 28.5 Å². The fourth-order valence-corrected chi connectivity index (χ4v) is 8.69. The van der Waals surface area contributed by atoms with Crippen molar-refractivity contribution >= 4 is 23.6 Å². The number of carbonyl (C=O) groups excluding carboxylic acids is 2. The molecule has 0 aromatic heterocycles. The molecule has 0 radical (unpaired) electrons. The lowest BCUT2D eigenvalue weighted by molar-refractivity contribution is -0.127. The number of allylic oxidation sites excluding steroid dienone is 1. The highest BCUT2D eigenvalue weighted by atomic mass is 32.2. The number of hydrogen-bond donors (Lipinski definition) is 2. The van der Waals surface area contributed by atoms with E-state index in [9.17, 15) is 20.1 Å². The minimum absolute atomic E-state index is 0.00825. The summed E-state index contributed by atoms with van der Waals surface area (Å²) in [6.07, 6.45) is 11.6. The molecule has 1 heterocycles. The van der Waals surface area contributed by atoms with Crippen molar-refractivity contribution in [3.8, 4) is 12.1 Å². The van der Waals surface area contributed by atoms with Crippen LogP contribution in [0.4, 0.5) is 0 Å². The van der Waals surface area contributed by atoms with E-state index in [4.69, 9.17) is 0 Å². The van der Waals surface area contributed by atoms with Crippen LogP contribution in [-0.4, -0.2) is 23.1 Å². The first kappa shape index (κ1) is 20.9. The maximum atomic E-state index is 12.9. The first-order valence-corrected chi connectivity index (χ1v) is 12.7. The second-order valence-corrected chi connectivity index (χ2v) is 11.6. The summed E-state index contributed by atoms with van der Waals surface area (Å²) in [5.74, 6) is 1.32. The third-order valence-electron chi connectivity index (χ3n) is 8.55. The second kappa shape index (κ2) is 7.85. The van der Waals surface area contributed by atoms with Crippen molar-refractivity contribution in [1.82, 2.24) is 10.6 Å². The van der Waals surface area contributed by atoms with Crippen LogP contribution in [-0.2, 0) is 9.59 Å². The Morgan fingerprint density at radius 3 is 2.23 bits per heavy atom. The molecule has 2 N–H and O–H groups in total. The van der Waals surface area contributed by atoms with Gasteiger partial charge in [-0.25, -0.2) is 0 Å². The maximum Gasteiger partial charge on any atom is 0.243 e. The van der Waals surface area contributed by atoms with Crippen LogP contribution in [0.1, 0.15) is 70.6 Å². The molecule has 0 aromatic rings. The molecule has 1 aliphatic heterocycles. The molecule has 7 heteroatoms. The molecule has 5 fully saturated rings. The molecule has 0 saturated heterocycles. The second-order valence-electron chi connectivity index (χ2n) is 10.6. The summed E-state index contributed by atoms with van der Waals surface area (Å²) in [7, 11) is 0. The minimum atomic E-state index is -0.826. The van der Waals surface area contributed by atoms with Gasteiger partial charge >= 0.3 is 0 Å². The number of hydrogen-bond acceptors (Lipinski definition) is 5. The molecule has 31 heavy (non-hydrogen) atoms. The predicted molar refractivity (Wildman–Crippen MR) is 117 cm³/mol. The van der Waals surface area contributed by atoms with Crippen LogP contribution in [0.5, 0.6) is 0 Å². The Balaban J connectivity index is 1.31. The maximum absolute atomic E-state index is 12.9. The molecular formula is C24H30N4O2S. The van der Waals surface area contributed by atoms with E-state index in [1.54, 1.807) is 0 Å². The number of carbonyl (C=O) groups is 2. The number of nitriles is 2. The summed E-state index contributed by atoms with van der Waals surface area (Å²) in [6, 6.07) is 4.47. The normalized spacial score (nSPS) is 37.8. The first-order valence-electron chi connectivity index (χ1n) is 11.8. The molecule has 6 rings (SSSR count). The Bertz CT molecular complexity index is 870. The van der Waals surface area contributed by atoms with Crippen LogP contribution in [0.3, 0.4) is 0 Å². The molecular weight excluding hydrogens is 408 g/mol. The quantitative estimate of drug-likeness (QED) is 0.695. The number of rotatable bonds is 4. The van der Waals surface area contributed by atoms with Crippen LogP contribution >= 0.6 is 11.8 Å². The fraction of sp³-hybridized carbons (Fsp3) is 0.750. The highest BCUT2D eigenvalue weighted by molar-refractivity contribution is 8.03. The summed E-state index contributed by atoms with van der Waals surface area (Å²) < 4.78 is 0. The zero-order chi connectivity index (χ0) is 21.6. The van der Waals surface area contributed by atoms with Gasteiger partial charge in [0.1, 0.15) is 5.92 Å². The molecule has 0 unspecified atom stereocenters. The van der Waals surface area contributed by atoms with Crippen molar-refractivity contribution in [3.63, 3.8) is 0 Å². The number of nitrogens with one attached hydrogen (secondary N) is 2. The van der Waals surface area contributed by atoms with Crippen molar-refractivity contribution in [3.05, 3.63) is 10.6 Å². The Hall–Kier alpha value is -1.99. The molecule has 6 aliphatic rings. The van der Waals surface area contributed by atoms with Gasteiger partial charge in [-0.2, -0.15) is 10.5 Å². The first-order chi connectivity index (χ1) is 15.0. The molecule has 6 nitrogen and oxygen atoms in total. The van der Waals surface area contributed by atoms with E-state index in [0.717, 1.165) is 56.3 Å². The largest absolute Gasteiger partial charge is 0.350 e. The number of amides is 2. The molecule has 5 aliphatic carbocycles. The van der Waals surface area contributed by atoms with Crippen molar-refractivity contribution in [1.29, 1.82) is 10.5 Å². The van der Waals surface area contributed by atoms with E-state index < -0.39 is 11.3 Å². The molecule has 5 saturated carbocycles. The van der Waals surface area contributed by atoms with Crippen LogP contribution in [0, 0.1) is 51.7 Å². The number of nitrogens with zero attached hydrogens (tertiary/aromatic N) is 2. The average Bonchev–Trinajstić information content (AvgIpc) is 2.71. The van der Waals surface area contributed by atoms with Gasteiger partial charge in [0.2, 0.25) is 11.8 Å². The zero-order valence-corrected chi connectivity index (χ0v) is 18.7. The molecule has 2 amide bonds. The van der Waals surface area contributed by atoms with E-state index in [1.165, 1.54) is 31.0 Å². The third-order valence-corrected chi connectivity index (χ3v) is 9.55. The van der Waals surface area contributed by atoms with Crippen LogP contribution in [0.2, 0.25) is 0 Å². The molecule has 1 atom stereocenters. The van der Waals surface area contributed by atoms with Gasteiger partial charge in [0, 0.05) is 11.0 Å². The lowest BCUT2D eigenvalue weighted by Gasteiger charge is -2.56. The molecule has 164 valence electrons. The van der Waals surface area contributed by atoms with Crippen molar-refractivity contribution in [2.75, 3.05) is 5.75 Å². The third kappa shape index (κ3) is 3.55. The van der Waals surface area contributed by atoms with Crippen molar-refractivity contribution in [2.45, 2.75) is 76.2 Å². The van der Waals surface area contributed by atoms with Crippen LogP contribution < -0.4 is 10.6 Å². The van der Waals surface area contributed by atoms with E-state index >= 15 is 0 Å². The van der Waals surface area contributed by atoms with Crippen LogP contribution in [0.15, 0.2) is 10.6 Å². The lowest BCUT2D eigenvalue weighted by atomic mass is 9.53. The SMILES string of the molecule is N#CC1=C(SCC(=O)NC23CC4CC(CC(C4)C2)C3)NC(=O)[C@@H](C#N)C12CCCCC2. The predicted octanol–water partition coefficient (Wildman–Crippen LogP) is 3.76. The Morgan fingerprint density at radius 1 is 1.06 bits per heavy atom. The van der Waals surface area contributed by atoms with E-state index in [2.05, 4.69) is 22.8 Å². The highest BCUT2D eigenvalue weighted by Gasteiger charge is 2.53. The van der Waals surface area contributed by atoms with Gasteiger partial charge in [-0.05, 0) is 69.1 Å². The minimum Gasteiger partial charge on any atom is -0.350 e. The standard InChI is InChI=1S/C24H30N4O2S/c25-12-18-21(30)27-22(19(13-26)24(18)4-2-1-3-5-24)31-14-20(29)28-23-9-15-6-16(10-23)8-17(7-15)11-23/h15-18H,1-11,14H2,(H,27,30)(H,28,29)/t15?,16?,17?,18-,23?/m1/s1. The molecule has 4 bridgehead atoms. The highest BCUT2D eigenvalue weighted by Crippen LogP contribution is 2.56. The van der Waals surface area contributed by atoms with Crippen molar-refractivity contribution < 1.29 is 9.59 Å². The Morgan fingerprint density at radius 2 is 1.68 bits per heavy atom. The summed E-state index contributed by atoms with van der Waals surface area (Å²) in [4.78, 5) is 25.7. The Kier molecular flexibility index (Phi) is 5.29. The van der Waals surface area contributed by atoms with Gasteiger partial charge in [-0.3, -0.25) is 9.59 Å². The van der Waals surface area contributed by atoms with Crippen LogP contribution in [0.25, 0.3) is 0 Å². The van der Waals surface area contributed by atoms with Gasteiger partial charge in [-0.1, -0.05) is 31.0 Å². The van der Waals surface area contributed by atoms with Gasteiger partial charge < -0.3 is 10.6 Å². The fourth-order valence-electron chi connectivity index (χ4n) is 7.78. The molecule has 0 aromatic carbocycles. The van der Waals surface area contributed by atoms with E-state index in [-0.39, 0.29) is 23.1 Å². The summed E-state index contributed by atoms with van der Waals surface area (Å²) in [6.45, 7) is 0. The summed E-state index contributed by atoms with van der Waals surface area (Å²) in [5.41, 5.74) is -0.223. The van der Waals surface area contributed by atoms with E-state index in [0.29, 0.717) is 23.4 Å². The topological polar surface area (TPSA) is 106 Å².